The van der Waals surface area contributed by atoms with Crippen LogP contribution in [0.2, 0.25) is 0 Å². The van der Waals surface area contributed by atoms with Gasteiger partial charge in [-0.05, 0) is 43.0 Å². The van der Waals surface area contributed by atoms with Crippen LogP contribution in [0, 0.1) is 0 Å². The van der Waals surface area contributed by atoms with Crippen molar-refractivity contribution in [3.63, 3.8) is 0 Å². The van der Waals surface area contributed by atoms with Crippen LogP contribution in [0.1, 0.15) is 30.0 Å². The molecule has 2 aromatic rings. The average molecular weight is 272 g/mol. The first-order valence-corrected chi connectivity index (χ1v) is 7.06. The number of hydrogen-bond acceptors (Lipinski definition) is 3. The van der Waals surface area contributed by atoms with Gasteiger partial charge in [-0.1, -0.05) is 6.07 Å². The number of aromatic nitrogens is 2. The predicted molar refractivity (Wildman–Crippen MR) is 76.8 cm³/mol. The highest BCUT2D eigenvalue weighted by atomic mass is 16.5. The molecule has 4 heteroatoms. The summed E-state index contributed by atoms with van der Waals surface area (Å²) in [6, 6.07) is 6.12. The van der Waals surface area contributed by atoms with Crippen molar-refractivity contribution >= 4 is 0 Å². The summed E-state index contributed by atoms with van der Waals surface area (Å²) in [5.41, 5.74) is 2.57. The van der Waals surface area contributed by atoms with E-state index in [4.69, 9.17) is 4.74 Å². The molecule has 3 rings (SSSR count). The first-order chi connectivity index (χ1) is 9.64. The summed E-state index contributed by atoms with van der Waals surface area (Å²) < 4.78 is 7.13. The molecule has 0 amide bonds. The summed E-state index contributed by atoms with van der Waals surface area (Å²) in [5, 5.41) is 15.2. The molecule has 0 bridgehead atoms. The predicted octanol–water partition coefficient (Wildman–Crippen LogP) is 2.29. The number of methoxy groups -OCH3 is 1. The third-order valence-corrected chi connectivity index (χ3v) is 4.20. The molecular formula is C16H20N2O2. The summed E-state index contributed by atoms with van der Waals surface area (Å²) >= 11 is 0. The molecule has 1 aliphatic carbocycles. The van der Waals surface area contributed by atoms with Gasteiger partial charge in [0.05, 0.1) is 18.9 Å². The maximum atomic E-state index is 11.0. The van der Waals surface area contributed by atoms with Crippen molar-refractivity contribution in [1.29, 1.82) is 0 Å². The van der Waals surface area contributed by atoms with E-state index in [1.54, 1.807) is 13.3 Å². The summed E-state index contributed by atoms with van der Waals surface area (Å²) in [4.78, 5) is 0. The van der Waals surface area contributed by atoms with Gasteiger partial charge in [-0.15, -0.1) is 0 Å². The number of ether oxygens (including phenoxy) is 1. The summed E-state index contributed by atoms with van der Waals surface area (Å²) in [6.07, 6.45) is 5.98. The van der Waals surface area contributed by atoms with Crippen LogP contribution >= 0.6 is 0 Å². The zero-order valence-corrected chi connectivity index (χ0v) is 12.0. The molecule has 0 spiro atoms. The van der Waals surface area contributed by atoms with Gasteiger partial charge in [-0.2, -0.15) is 5.10 Å². The molecule has 0 saturated heterocycles. The molecule has 0 aliphatic heterocycles. The quantitative estimate of drug-likeness (QED) is 0.932. The van der Waals surface area contributed by atoms with Gasteiger partial charge in [0.2, 0.25) is 0 Å². The summed E-state index contributed by atoms with van der Waals surface area (Å²) in [7, 11) is 1.67. The highest BCUT2D eigenvalue weighted by Gasteiger charge is 2.35. The SMILES string of the molecule is CCn1cc(C2(O)CCc3ccc(OC)cc3C2)cn1. The Balaban J connectivity index is 1.93. The lowest BCUT2D eigenvalue weighted by atomic mass is 9.77. The zero-order valence-electron chi connectivity index (χ0n) is 12.0. The van der Waals surface area contributed by atoms with Gasteiger partial charge in [-0.25, -0.2) is 0 Å². The lowest BCUT2D eigenvalue weighted by Crippen LogP contribution is -2.32. The first kappa shape index (κ1) is 13.2. The standard InChI is InChI=1S/C16H20N2O2/c1-3-18-11-14(10-17-18)16(19)7-6-12-4-5-15(20-2)8-13(12)9-16/h4-5,8,10-11,19H,3,6-7,9H2,1-2H3. The van der Waals surface area contributed by atoms with Crippen LogP contribution in [0.15, 0.2) is 30.6 Å². The van der Waals surface area contributed by atoms with Crippen LogP contribution in [-0.2, 0) is 25.0 Å². The van der Waals surface area contributed by atoms with Crippen LogP contribution in [0.5, 0.6) is 5.75 Å². The molecule has 4 nitrogen and oxygen atoms in total. The fraction of sp³-hybridized carbons (Fsp3) is 0.438. The lowest BCUT2D eigenvalue weighted by Gasteiger charge is -2.33. The van der Waals surface area contributed by atoms with Crippen molar-refractivity contribution in [2.75, 3.05) is 7.11 Å². The smallest absolute Gasteiger partial charge is 0.119 e. The molecule has 1 heterocycles. The molecule has 0 radical (unpaired) electrons. The molecule has 20 heavy (non-hydrogen) atoms. The Morgan fingerprint density at radius 1 is 1.40 bits per heavy atom. The molecule has 0 saturated carbocycles. The van der Waals surface area contributed by atoms with Gasteiger partial charge < -0.3 is 9.84 Å². The van der Waals surface area contributed by atoms with Crippen LogP contribution in [0.25, 0.3) is 0 Å². The molecule has 1 atom stereocenters. The van der Waals surface area contributed by atoms with E-state index in [1.165, 1.54) is 11.1 Å². The van der Waals surface area contributed by atoms with Crippen LogP contribution < -0.4 is 4.74 Å². The Hall–Kier alpha value is -1.81. The summed E-state index contributed by atoms with van der Waals surface area (Å²) in [5.74, 6) is 0.845. The molecule has 1 aromatic heterocycles. The first-order valence-electron chi connectivity index (χ1n) is 7.06. The van der Waals surface area contributed by atoms with Gasteiger partial charge in [-0.3, -0.25) is 4.68 Å². The van der Waals surface area contributed by atoms with Gasteiger partial charge in [0.1, 0.15) is 5.75 Å². The Labute approximate surface area is 119 Å². The number of hydrogen-bond donors (Lipinski definition) is 1. The monoisotopic (exact) mass is 272 g/mol. The Kier molecular flexibility index (Phi) is 3.26. The van der Waals surface area contributed by atoms with Gasteiger partial charge in [0.15, 0.2) is 0 Å². The summed E-state index contributed by atoms with van der Waals surface area (Å²) in [6.45, 7) is 2.86. The molecule has 1 N–H and O–H groups in total. The third-order valence-electron chi connectivity index (χ3n) is 4.20. The topological polar surface area (TPSA) is 47.3 Å². The number of aliphatic hydroxyl groups is 1. The number of aryl methyl sites for hydroxylation is 2. The van der Waals surface area contributed by atoms with Crippen molar-refractivity contribution in [2.45, 2.75) is 38.3 Å². The fourth-order valence-electron chi connectivity index (χ4n) is 2.91. The average Bonchev–Trinajstić information content (AvgIpc) is 2.96. The second kappa shape index (κ2) is 4.94. The largest absolute Gasteiger partial charge is 0.497 e. The highest BCUT2D eigenvalue weighted by Crippen LogP contribution is 2.37. The second-order valence-corrected chi connectivity index (χ2v) is 5.43. The molecule has 1 aromatic carbocycles. The van der Waals surface area contributed by atoms with Gasteiger partial charge in [0, 0.05) is 24.7 Å². The van der Waals surface area contributed by atoms with Crippen LogP contribution in [-0.4, -0.2) is 22.0 Å². The number of nitrogens with zero attached hydrogens (tertiary/aromatic N) is 2. The van der Waals surface area contributed by atoms with E-state index in [-0.39, 0.29) is 0 Å². The van der Waals surface area contributed by atoms with E-state index in [0.29, 0.717) is 6.42 Å². The van der Waals surface area contributed by atoms with Gasteiger partial charge in [0.25, 0.3) is 0 Å². The van der Waals surface area contributed by atoms with E-state index in [1.807, 2.05) is 29.9 Å². The molecule has 1 aliphatic rings. The van der Waals surface area contributed by atoms with Gasteiger partial charge >= 0.3 is 0 Å². The number of benzene rings is 1. The Morgan fingerprint density at radius 2 is 2.25 bits per heavy atom. The molecular weight excluding hydrogens is 252 g/mol. The maximum Gasteiger partial charge on any atom is 0.119 e. The fourth-order valence-corrected chi connectivity index (χ4v) is 2.91. The maximum absolute atomic E-state index is 11.0. The van der Waals surface area contributed by atoms with Crippen molar-refractivity contribution in [2.24, 2.45) is 0 Å². The van der Waals surface area contributed by atoms with E-state index in [0.717, 1.165) is 30.7 Å². The highest BCUT2D eigenvalue weighted by molar-refractivity contribution is 5.40. The number of fused-ring (bicyclic) bond motifs is 1. The lowest BCUT2D eigenvalue weighted by molar-refractivity contribution is 0.0221. The van der Waals surface area contributed by atoms with E-state index >= 15 is 0 Å². The Bertz CT molecular complexity index is 621. The minimum absolute atomic E-state index is 0.620. The van der Waals surface area contributed by atoms with Crippen LogP contribution in [0.3, 0.4) is 0 Å². The van der Waals surface area contributed by atoms with Crippen molar-refractivity contribution < 1.29 is 9.84 Å². The van der Waals surface area contributed by atoms with Crippen LogP contribution in [0.4, 0.5) is 0 Å². The van der Waals surface area contributed by atoms with E-state index in [9.17, 15) is 5.11 Å². The van der Waals surface area contributed by atoms with Crippen molar-refractivity contribution in [1.82, 2.24) is 9.78 Å². The van der Waals surface area contributed by atoms with Crippen molar-refractivity contribution in [3.05, 3.63) is 47.3 Å². The third kappa shape index (κ3) is 2.20. The zero-order chi connectivity index (χ0) is 14.2. The minimum Gasteiger partial charge on any atom is -0.497 e. The normalized spacial score (nSPS) is 21.6. The molecule has 106 valence electrons. The minimum atomic E-state index is -0.813. The molecule has 0 fully saturated rings. The number of rotatable bonds is 3. The molecule has 1 unspecified atom stereocenters. The van der Waals surface area contributed by atoms with Crippen molar-refractivity contribution in [3.8, 4) is 5.75 Å². The second-order valence-electron chi connectivity index (χ2n) is 5.43. The van der Waals surface area contributed by atoms with E-state index < -0.39 is 5.60 Å². The van der Waals surface area contributed by atoms with E-state index in [2.05, 4.69) is 11.2 Å². The Morgan fingerprint density at radius 3 is 2.95 bits per heavy atom.